The van der Waals surface area contributed by atoms with Gasteiger partial charge in [0.2, 0.25) is 0 Å². The van der Waals surface area contributed by atoms with E-state index in [4.69, 9.17) is 4.74 Å². The quantitative estimate of drug-likeness (QED) is 0.520. The van der Waals surface area contributed by atoms with Crippen LogP contribution in [-0.2, 0) is 4.74 Å². The molecule has 1 saturated heterocycles. The number of rotatable bonds is 0. The average Bonchev–Trinajstić information content (AvgIpc) is 2.20. The second kappa shape index (κ2) is 2.60. The molecule has 74 valence electrons. The number of allylic oxidation sites excluding steroid dienone is 1. The molecule has 1 nitrogen and oxygen atoms in total. The van der Waals surface area contributed by atoms with Crippen LogP contribution in [0.2, 0.25) is 0 Å². The van der Waals surface area contributed by atoms with Crippen molar-refractivity contribution in [1.29, 1.82) is 0 Å². The van der Waals surface area contributed by atoms with Gasteiger partial charge in [0.15, 0.2) is 0 Å². The summed E-state index contributed by atoms with van der Waals surface area (Å²) in [6, 6.07) is 0. The maximum Gasteiger partial charge on any atom is 0.0699 e. The van der Waals surface area contributed by atoms with Crippen molar-refractivity contribution >= 4 is 0 Å². The summed E-state index contributed by atoms with van der Waals surface area (Å²) in [5.74, 6) is 1.34. The van der Waals surface area contributed by atoms with Crippen molar-refractivity contribution in [3.63, 3.8) is 0 Å². The standard InChI is InChI=1S/C12H20O/c1-11(2)9-7-5-6-8-10(9)12(3,4)13-11/h5,7,9-10H,6,8H2,1-4H3. The van der Waals surface area contributed by atoms with Crippen LogP contribution in [0.4, 0.5) is 0 Å². The molecule has 0 N–H and O–H groups in total. The summed E-state index contributed by atoms with van der Waals surface area (Å²) in [5, 5.41) is 0. The Bertz CT molecular complexity index is 238. The summed E-state index contributed by atoms with van der Waals surface area (Å²) in [4.78, 5) is 0. The number of ether oxygens (including phenoxy) is 1. The second-order valence-corrected chi connectivity index (χ2v) is 5.45. The normalized spacial score (nSPS) is 40.3. The van der Waals surface area contributed by atoms with E-state index in [0.717, 1.165) is 0 Å². The molecule has 0 spiro atoms. The van der Waals surface area contributed by atoms with Crippen LogP contribution in [0.3, 0.4) is 0 Å². The molecule has 0 bridgehead atoms. The van der Waals surface area contributed by atoms with Crippen molar-refractivity contribution in [3.8, 4) is 0 Å². The molecule has 0 aromatic heterocycles. The molecule has 1 aliphatic heterocycles. The van der Waals surface area contributed by atoms with Crippen LogP contribution in [0.25, 0.3) is 0 Å². The van der Waals surface area contributed by atoms with Gasteiger partial charge in [-0.15, -0.1) is 0 Å². The minimum absolute atomic E-state index is 0.0328. The highest BCUT2D eigenvalue weighted by molar-refractivity contribution is 5.12. The molecule has 0 saturated carbocycles. The van der Waals surface area contributed by atoms with Crippen LogP contribution in [0.1, 0.15) is 40.5 Å². The molecular formula is C12H20O. The first-order valence-corrected chi connectivity index (χ1v) is 5.30. The lowest BCUT2D eigenvalue weighted by atomic mass is 9.72. The molecule has 2 atom stereocenters. The Hall–Kier alpha value is -0.300. The maximum atomic E-state index is 6.13. The molecule has 1 heterocycles. The van der Waals surface area contributed by atoms with Gasteiger partial charge in [0.1, 0.15) is 0 Å². The monoisotopic (exact) mass is 180 g/mol. The highest BCUT2D eigenvalue weighted by Gasteiger charge is 2.52. The Kier molecular flexibility index (Phi) is 1.85. The Morgan fingerprint density at radius 3 is 2.46 bits per heavy atom. The fraction of sp³-hybridized carbons (Fsp3) is 0.833. The van der Waals surface area contributed by atoms with Crippen molar-refractivity contribution in [2.24, 2.45) is 11.8 Å². The van der Waals surface area contributed by atoms with Gasteiger partial charge in [-0.2, -0.15) is 0 Å². The molecular weight excluding hydrogens is 160 g/mol. The van der Waals surface area contributed by atoms with E-state index >= 15 is 0 Å². The average molecular weight is 180 g/mol. The Morgan fingerprint density at radius 2 is 1.85 bits per heavy atom. The van der Waals surface area contributed by atoms with Crippen LogP contribution in [0, 0.1) is 11.8 Å². The third kappa shape index (κ3) is 1.34. The fourth-order valence-electron chi connectivity index (χ4n) is 3.15. The van der Waals surface area contributed by atoms with Crippen LogP contribution < -0.4 is 0 Å². The largest absolute Gasteiger partial charge is 0.369 e. The fourth-order valence-corrected chi connectivity index (χ4v) is 3.15. The third-order valence-electron chi connectivity index (χ3n) is 3.64. The minimum Gasteiger partial charge on any atom is -0.369 e. The van der Waals surface area contributed by atoms with E-state index in [-0.39, 0.29) is 11.2 Å². The number of hydrogen-bond donors (Lipinski definition) is 0. The number of fused-ring (bicyclic) bond motifs is 1. The first-order valence-electron chi connectivity index (χ1n) is 5.30. The summed E-state index contributed by atoms with van der Waals surface area (Å²) in [6.45, 7) is 8.90. The van der Waals surface area contributed by atoms with Gasteiger partial charge in [-0.25, -0.2) is 0 Å². The van der Waals surface area contributed by atoms with Crippen molar-refractivity contribution < 1.29 is 4.74 Å². The molecule has 13 heavy (non-hydrogen) atoms. The van der Waals surface area contributed by atoms with Gasteiger partial charge in [0, 0.05) is 5.92 Å². The smallest absolute Gasteiger partial charge is 0.0699 e. The van der Waals surface area contributed by atoms with E-state index in [0.29, 0.717) is 11.8 Å². The van der Waals surface area contributed by atoms with Gasteiger partial charge < -0.3 is 4.74 Å². The predicted molar refractivity (Wildman–Crippen MR) is 54.6 cm³/mol. The Morgan fingerprint density at radius 1 is 1.15 bits per heavy atom. The van der Waals surface area contributed by atoms with Crippen LogP contribution in [-0.4, -0.2) is 11.2 Å². The summed E-state index contributed by atoms with van der Waals surface area (Å²) in [6.07, 6.45) is 7.19. The minimum atomic E-state index is 0.0328. The zero-order valence-electron chi connectivity index (χ0n) is 9.13. The zero-order chi connectivity index (χ0) is 9.69. The lowest BCUT2D eigenvalue weighted by Gasteiger charge is -2.29. The maximum absolute atomic E-state index is 6.13. The Labute approximate surface area is 81.2 Å². The Balaban J connectivity index is 2.34. The lowest BCUT2D eigenvalue weighted by Crippen LogP contribution is -2.30. The molecule has 1 fully saturated rings. The predicted octanol–water partition coefficient (Wildman–Crippen LogP) is 3.16. The van der Waals surface area contributed by atoms with Crippen molar-refractivity contribution in [1.82, 2.24) is 0 Å². The van der Waals surface area contributed by atoms with Gasteiger partial charge in [-0.1, -0.05) is 12.2 Å². The molecule has 0 aromatic rings. The van der Waals surface area contributed by atoms with E-state index < -0.39 is 0 Å². The van der Waals surface area contributed by atoms with Crippen LogP contribution in [0.15, 0.2) is 12.2 Å². The molecule has 2 rings (SSSR count). The highest BCUT2D eigenvalue weighted by atomic mass is 16.5. The van der Waals surface area contributed by atoms with Gasteiger partial charge in [-0.3, -0.25) is 0 Å². The van der Waals surface area contributed by atoms with Crippen molar-refractivity contribution in [2.75, 3.05) is 0 Å². The van der Waals surface area contributed by atoms with Crippen molar-refractivity contribution in [3.05, 3.63) is 12.2 Å². The first-order chi connectivity index (χ1) is 5.93. The van der Waals surface area contributed by atoms with E-state index in [2.05, 4.69) is 39.8 Å². The zero-order valence-corrected chi connectivity index (χ0v) is 9.13. The molecule has 1 heteroatoms. The summed E-state index contributed by atoms with van der Waals surface area (Å²) in [5.41, 5.74) is 0.101. The van der Waals surface area contributed by atoms with Gasteiger partial charge in [0.25, 0.3) is 0 Å². The van der Waals surface area contributed by atoms with Gasteiger partial charge in [0.05, 0.1) is 11.2 Å². The van der Waals surface area contributed by atoms with E-state index in [9.17, 15) is 0 Å². The SMILES string of the molecule is CC1(C)OC(C)(C)C2CCC=CC21. The second-order valence-electron chi connectivity index (χ2n) is 5.45. The summed E-state index contributed by atoms with van der Waals surface area (Å²) in [7, 11) is 0. The molecule has 0 radical (unpaired) electrons. The van der Waals surface area contributed by atoms with Gasteiger partial charge >= 0.3 is 0 Å². The topological polar surface area (TPSA) is 9.23 Å². The summed E-state index contributed by atoms with van der Waals surface area (Å²) >= 11 is 0. The lowest BCUT2D eigenvalue weighted by molar-refractivity contribution is -0.0782. The molecule has 2 unspecified atom stereocenters. The van der Waals surface area contributed by atoms with Crippen LogP contribution >= 0.6 is 0 Å². The van der Waals surface area contributed by atoms with E-state index in [1.54, 1.807) is 0 Å². The van der Waals surface area contributed by atoms with E-state index in [1.165, 1.54) is 12.8 Å². The van der Waals surface area contributed by atoms with Gasteiger partial charge in [-0.05, 0) is 46.5 Å². The molecule has 0 amide bonds. The molecule has 2 aliphatic rings. The number of hydrogen-bond acceptors (Lipinski definition) is 1. The molecule has 1 aliphatic carbocycles. The highest BCUT2D eigenvalue weighted by Crippen LogP contribution is 2.50. The first kappa shape index (κ1) is 9.26. The van der Waals surface area contributed by atoms with Crippen LogP contribution in [0.5, 0.6) is 0 Å². The van der Waals surface area contributed by atoms with Crippen molar-refractivity contribution in [2.45, 2.75) is 51.7 Å². The summed E-state index contributed by atoms with van der Waals surface area (Å²) < 4.78 is 6.13. The third-order valence-corrected chi connectivity index (χ3v) is 3.64. The van der Waals surface area contributed by atoms with E-state index in [1.807, 2.05) is 0 Å². The molecule has 0 aromatic carbocycles.